The summed E-state index contributed by atoms with van der Waals surface area (Å²) in [6, 6.07) is 7.58. The van der Waals surface area contributed by atoms with Crippen molar-refractivity contribution in [2.75, 3.05) is 19.7 Å². The average Bonchev–Trinajstić information content (AvgIpc) is 2.41. The maximum atomic E-state index is 9.13. The third-order valence-electron chi connectivity index (χ3n) is 4.08. The van der Waals surface area contributed by atoms with E-state index in [4.69, 9.17) is 14.8 Å². The molecule has 0 radical (unpaired) electrons. The molecule has 4 nitrogen and oxygen atoms in total. The molecule has 1 fully saturated rings. The lowest BCUT2D eigenvalue weighted by molar-refractivity contribution is 0.109. The number of likely N-dealkylation sites (tertiary alicyclic amines) is 1. The van der Waals surface area contributed by atoms with E-state index >= 15 is 0 Å². The zero-order valence-electron chi connectivity index (χ0n) is 12.3. The normalized spacial score (nSPS) is 23.6. The highest BCUT2D eigenvalue weighted by molar-refractivity contribution is 6.58. The van der Waals surface area contributed by atoms with Gasteiger partial charge in [-0.25, -0.2) is 0 Å². The summed E-state index contributed by atoms with van der Waals surface area (Å²) in [6.07, 6.45) is 2.52. The number of ether oxygens (including phenoxy) is 1. The van der Waals surface area contributed by atoms with Crippen molar-refractivity contribution in [3.63, 3.8) is 0 Å². The van der Waals surface area contributed by atoms with Gasteiger partial charge in [0.15, 0.2) is 0 Å². The highest BCUT2D eigenvalue weighted by Gasteiger charge is 2.22. The molecule has 1 aromatic carbocycles. The Morgan fingerprint density at radius 3 is 2.85 bits per heavy atom. The number of nitrogens with zero attached hydrogens (tertiary/aromatic N) is 1. The van der Waals surface area contributed by atoms with Gasteiger partial charge in [0.05, 0.1) is 0 Å². The molecule has 1 aromatic rings. The Kier molecular flexibility index (Phi) is 5.46. The van der Waals surface area contributed by atoms with Gasteiger partial charge in [0.2, 0.25) is 0 Å². The molecule has 2 atom stereocenters. The maximum Gasteiger partial charge on any atom is 0.488 e. The van der Waals surface area contributed by atoms with E-state index in [0.29, 0.717) is 23.9 Å². The summed E-state index contributed by atoms with van der Waals surface area (Å²) in [7, 11) is -1.44. The van der Waals surface area contributed by atoms with Crippen LogP contribution in [-0.2, 0) is 0 Å². The number of rotatable bonds is 5. The second-order valence-electron chi connectivity index (χ2n) is 5.81. The van der Waals surface area contributed by atoms with Crippen molar-refractivity contribution < 1.29 is 14.8 Å². The molecule has 1 heterocycles. The molecule has 0 spiro atoms. The van der Waals surface area contributed by atoms with Crippen LogP contribution in [0.4, 0.5) is 0 Å². The first-order valence-corrected chi connectivity index (χ1v) is 7.39. The quantitative estimate of drug-likeness (QED) is 0.784. The molecule has 0 amide bonds. The smallest absolute Gasteiger partial charge is 0.488 e. The van der Waals surface area contributed by atoms with Gasteiger partial charge in [0, 0.05) is 12.6 Å². The van der Waals surface area contributed by atoms with E-state index < -0.39 is 7.12 Å². The van der Waals surface area contributed by atoms with Gasteiger partial charge in [-0.2, -0.15) is 0 Å². The van der Waals surface area contributed by atoms with Crippen molar-refractivity contribution in [1.29, 1.82) is 0 Å². The fourth-order valence-electron chi connectivity index (χ4n) is 2.83. The molecule has 1 saturated heterocycles. The van der Waals surface area contributed by atoms with Crippen LogP contribution in [0.5, 0.6) is 5.75 Å². The van der Waals surface area contributed by atoms with Gasteiger partial charge in [-0.15, -0.1) is 0 Å². The van der Waals surface area contributed by atoms with Crippen LogP contribution in [0, 0.1) is 5.92 Å². The van der Waals surface area contributed by atoms with Crippen LogP contribution in [0.1, 0.15) is 26.7 Å². The second-order valence-corrected chi connectivity index (χ2v) is 5.81. The van der Waals surface area contributed by atoms with E-state index in [0.717, 1.165) is 19.0 Å². The molecule has 5 heteroatoms. The third-order valence-corrected chi connectivity index (χ3v) is 4.08. The zero-order valence-corrected chi connectivity index (χ0v) is 12.3. The topological polar surface area (TPSA) is 52.9 Å². The van der Waals surface area contributed by atoms with Crippen LogP contribution >= 0.6 is 0 Å². The van der Waals surface area contributed by atoms with E-state index in [1.165, 1.54) is 12.8 Å². The molecular weight excluding hydrogens is 253 g/mol. The molecule has 1 aliphatic rings. The van der Waals surface area contributed by atoms with Gasteiger partial charge in [-0.1, -0.05) is 19.1 Å². The Morgan fingerprint density at radius 2 is 2.15 bits per heavy atom. The minimum Gasteiger partial charge on any atom is -0.492 e. The summed E-state index contributed by atoms with van der Waals surface area (Å²) in [5, 5.41) is 18.3. The summed E-state index contributed by atoms with van der Waals surface area (Å²) in [6.45, 7) is 7.28. The molecule has 2 unspecified atom stereocenters. The Hall–Kier alpha value is -1.04. The predicted molar refractivity (Wildman–Crippen MR) is 81.2 cm³/mol. The van der Waals surface area contributed by atoms with E-state index in [2.05, 4.69) is 18.7 Å². The minimum absolute atomic E-state index is 0.461. The monoisotopic (exact) mass is 277 g/mol. The van der Waals surface area contributed by atoms with Crippen LogP contribution in [0.15, 0.2) is 24.3 Å². The minimum atomic E-state index is -1.44. The SMILES string of the molecule is CC1CCN(CCOc2cccc(B(O)O)c2)C(C)C1. The summed E-state index contributed by atoms with van der Waals surface area (Å²) < 4.78 is 5.71. The van der Waals surface area contributed by atoms with E-state index in [9.17, 15) is 0 Å². The van der Waals surface area contributed by atoms with Gasteiger partial charge < -0.3 is 14.8 Å². The standard InChI is InChI=1S/C15H24BNO3/c1-12-6-7-17(13(2)10-12)8-9-20-15-5-3-4-14(11-15)16(18)19/h3-5,11-13,18-19H,6-10H2,1-2H3. The number of hydrogen-bond acceptors (Lipinski definition) is 4. The van der Waals surface area contributed by atoms with Crippen LogP contribution in [-0.4, -0.2) is 47.8 Å². The molecule has 2 N–H and O–H groups in total. The first-order chi connectivity index (χ1) is 9.56. The molecule has 0 saturated carbocycles. The molecule has 0 aromatic heterocycles. The van der Waals surface area contributed by atoms with Crippen LogP contribution in [0.2, 0.25) is 0 Å². The van der Waals surface area contributed by atoms with Crippen LogP contribution in [0.25, 0.3) is 0 Å². The lowest BCUT2D eigenvalue weighted by atomic mass is 9.80. The van der Waals surface area contributed by atoms with Crippen molar-refractivity contribution in [2.24, 2.45) is 5.92 Å². The van der Waals surface area contributed by atoms with E-state index in [1.54, 1.807) is 18.2 Å². The predicted octanol–water partition coefficient (Wildman–Crippen LogP) is 0.866. The number of benzene rings is 1. The second kappa shape index (κ2) is 7.11. The molecule has 0 bridgehead atoms. The van der Waals surface area contributed by atoms with Crippen molar-refractivity contribution in [2.45, 2.75) is 32.7 Å². The third kappa shape index (κ3) is 4.23. The Labute approximate surface area is 121 Å². The van der Waals surface area contributed by atoms with Crippen LogP contribution in [0.3, 0.4) is 0 Å². The van der Waals surface area contributed by atoms with E-state index in [-0.39, 0.29) is 0 Å². The van der Waals surface area contributed by atoms with Gasteiger partial charge in [0.1, 0.15) is 12.4 Å². The van der Waals surface area contributed by atoms with Gasteiger partial charge in [-0.3, -0.25) is 4.90 Å². The largest absolute Gasteiger partial charge is 0.492 e. The molecular formula is C15H24BNO3. The van der Waals surface area contributed by atoms with Crippen molar-refractivity contribution >= 4 is 12.6 Å². The average molecular weight is 277 g/mol. The highest BCUT2D eigenvalue weighted by atomic mass is 16.5. The van der Waals surface area contributed by atoms with Crippen molar-refractivity contribution in [3.05, 3.63) is 24.3 Å². The molecule has 0 aliphatic carbocycles. The van der Waals surface area contributed by atoms with E-state index in [1.807, 2.05) is 6.07 Å². The summed E-state index contributed by atoms with van der Waals surface area (Å²) in [4.78, 5) is 2.46. The summed E-state index contributed by atoms with van der Waals surface area (Å²) in [5.74, 6) is 1.51. The van der Waals surface area contributed by atoms with Crippen molar-refractivity contribution in [1.82, 2.24) is 4.90 Å². The summed E-state index contributed by atoms with van der Waals surface area (Å²) in [5.41, 5.74) is 0.461. The molecule has 110 valence electrons. The molecule has 20 heavy (non-hydrogen) atoms. The van der Waals surface area contributed by atoms with Crippen molar-refractivity contribution in [3.8, 4) is 5.75 Å². The van der Waals surface area contributed by atoms with Crippen LogP contribution < -0.4 is 10.2 Å². The summed E-state index contributed by atoms with van der Waals surface area (Å²) >= 11 is 0. The number of hydrogen-bond donors (Lipinski definition) is 2. The number of piperidine rings is 1. The lowest BCUT2D eigenvalue weighted by Crippen LogP contribution is -2.42. The van der Waals surface area contributed by atoms with Gasteiger partial charge in [0.25, 0.3) is 0 Å². The van der Waals surface area contributed by atoms with Gasteiger partial charge in [-0.05, 0) is 49.8 Å². The first kappa shape index (κ1) is 15.4. The Balaban J connectivity index is 1.79. The lowest BCUT2D eigenvalue weighted by Gasteiger charge is -2.36. The highest BCUT2D eigenvalue weighted by Crippen LogP contribution is 2.21. The maximum absolute atomic E-state index is 9.13. The zero-order chi connectivity index (χ0) is 14.5. The van der Waals surface area contributed by atoms with Gasteiger partial charge >= 0.3 is 7.12 Å². The Bertz CT molecular complexity index is 427. The first-order valence-electron chi connectivity index (χ1n) is 7.39. The fraction of sp³-hybridized carbons (Fsp3) is 0.600. The molecule has 2 rings (SSSR count). The fourth-order valence-corrected chi connectivity index (χ4v) is 2.83. The Morgan fingerprint density at radius 1 is 1.35 bits per heavy atom. The molecule has 1 aliphatic heterocycles.